The predicted molar refractivity (Wildman–Crippen MR) is 112 cm³/mol. The Kier molecular flexibility index (Phi) is 5.93. The van der Waals surface area contributed by atoms with Crippen molar-refractivity contribution >= 4 is 29.2 Å². The zero-order chi connectivity index (χ0) is 22.2. The maximum atomic E-state index is 12.6. The SMILES string of the molecule is Cc1cc(C)n(-c2ccc(Cl)c(C(=O)OC(C)C(=O)Nc3c(C)nn(C)c3C)n2)n1. The van der Waals surface area contributed by atoms with Crippen molar-refractivity contribution in [3.8, 4) is 5.82 Å². The normalized spacial score (nSPS) is 12.0. The van der Waals surface area contributed by atoms with Crippen LogP contribution in [0.15, 0.2) is 18.2 Å². The van der Waals surface area contributed by atoms with Crippen LogP contribution in [0, 0.1) is 27.7 Å². The topological polar surface area (TPSA) is 104 Å². The highest BCUT2D eigenvalue weighted by molar-refractivity contribution is 6.33. The maximum absolute atomic E-state index is 12.6. The monoisotopic (exact) mass is 430 g/mol. The molecule has 1 amide bonds. The van der Waals surface area contributed by atoms with E-state index in [0.717, 1.165) is 17.1 Å². The largest absolute Gasteiger partial charge is 0.448 e. The zero-order valence-corrected chi connectivity index (χ0v) is 18.4. The summed E-state index contributed by atoms with van der Waals surface area (Å²) in [5, 5.41) is 11.5. The van der Waals surface area contributed by atoms with Gasteiger partial charge in [-0.25, -0.2) is 14.5 Å². The summed E-state index contributed by atoms with van der Waals surface area (Å²) in [6, 6.07) is 5.09. The number of anilines is 1. The lowest BCUT2D eigenvalue weighted by Crippen LogP contribution is -2.30. The molecule has 1 atom stereocenters. The number of esters is 1. The number of pyridine rings is 1. The number of rotatable bonds is 5. The van der Waals surface area contributed by atoms with Crippen LogP contribution in [0.1, 0.15) is 40.2 Å². The number of carbonyl (C=O) groups is 2. The molecule has 0 aromatic carbocycles. The van der Waals surface area contributed by atoms with E-state index in [0.29, 0.717) is 17.2 Å². The maximum Gasteiger partial charge on any atom is 0.359 e. The van der Waals surface area contributed by atoms with Crippen molar-refractivity contribution in [1.82, 2.24) is 24.5 Å². The van der Waals surface area contributed by atoms with Crippen molar-refractivity contribution in [2.75, 3.05) is 5.32 Å². The summed E-state index contributed by atoms with van der Waals surface area (Å²) < 4.78 is 8.58. The highest BCUT2D eigenvalue weighted by Crippen LogP contribution is 2.21. The van der Waals surface area contributed by atoms with Gasteiger partial charge in [0.1, 0.15) is 0 Å². The molecular weight excluding hydrogens is 408 g/mol. The second-order valence-corrected chi connectivity index (χ2v) is 7.45. The summed E-state index contributed by atoms with van der Waals surface area (Å²) in [6.07, 6.45) is -1.06. The molecule has 0 fully saturated rings. The molecular formula is C20H23ClN6O3. The highest BCUT2D eigenvalue weighted by atomic mass is 35.5. The summed E-state index contributed by atoms with van der Waals surface area (Å²) in [7, 11) is 1.78. The van der Waals surface area contributed by atoms with Crippen LogP contribution < -0.4 is 5.32 Å². The molecule has 0 bridgehead atoms. The number of amides is 1. The Morgan fingerprint density at radius 1 is 1.17 bits per heavy atom. The molecule has 0 saturated heterocycles. The first-order valence-corrected chi connectivity index (χ1v) is 9.68. The summed E-state index contributed by atoms with van der Waals surface area (Å²) in [6.45, 7) is 8.84. The molecule has 0 aliphatic rings. The molecule has 158 valence electrons. The quantitative estimate of drug-likeness (QED) is 0.624. The number of hydrogen-bond acceptors (Lipinski definition) is 6. The molecule has 0 spiro atoms. The smallest absolute Gasteiger partial charge is 0.359 e. The molecule has 3 aromatic rings. The van der Waals surface area contributed by atoms with Crippen LogP contribution in [0.5, 0.6) is 0 Å². The van der Waals surface area contributed by atoms with Gasteiger partial charge in [0.2, 0.25) is 0 Å². The van der Waals surface area contributed by atoms with Gasteiger partial charge in [0.15, 0.2) is 17.6 Å². The lowest BCUT2D eigenvalue weighted by molar-refractivity contribution is -0.123. The minimum absolute atomic E-state index is 0.0879. The number of ether oxygens (including phenoxy) is 1. The summed E-state index contributed by atoms with van der Waals surface area (Å²) >= 11 is 6.16. The Bertz CT molecular complexity index is 1130. The first-order chi connectivity index (χ1) is 14.1. The fourth-order valence-electron chi connectivity index (χ4n) is 3.00. The van der Waals surface area contributed by atoms with Crippen molar-refractivity contribution in [2.45, 2.75) is 40.7 Å². The Balaban J connectivity index is 1.77. The minimum Gasteiger partial charge on any atom is -0.448 e. The number of nitrogens with one attached hydrogen (secondary N) is 1. The van der Waals surface area contributed by atoms with Crippen LogP contribution in [-0.4, -0.2) is 42.5 Å². The third-order valence-electron chi connectivity index (χ3n) is 4.66. The van der Waals surface area contributed by atoms with Crippen molar-refractivity contribution in [3.63, 3.8) is 0 Å². The molecule has 0 radical (unpaired) electrons. The Hall–Kier alpha value is -3.20. The summed E-state index contributed by atoms with van der Waals surface area (Å²) in [5.41, 5.74) is 3.64. The molecule has 3 heterocycles. The number of hydrogen-bond donors (Lipinski definition) is 1. The number of halogens is 1. The average molecular weight is 431 g/mol. The van der Waals surface area contributed by atoms with Crippen LogP contribution in [0.3, 0.4) is 0 Å². The lowest BCUT2D eigenvalue weighted by atomic mass is 10.3. The van der Waals surface area contributed by atoms with E-state index in [1.807, 2.05) is 26.8 Å². The highest BCUT2D eigenvalue weighted by Gasteiger charge is 2.24. The molecule has 1 unspecified atom stereocenters. The van der Waals surface area contributed by atoms with E-state index in [4.69, 9.17) is 16.3 Å². The molecule has 30 heavy (non-hydrogen) atoms. The number of aryl methyl sites for hydroxylation is 4. The van der Waals surface area contributed by atoms with Gasteiger partial charge < -0.3 is 10.1 Å². The predicted octanol–water partition coefficient (Wildman–Crippen LogP) is 3.07. The van der Waals surface area contributed by atoms with E-state index in [9.17, 15) is 9.59 Å². The van der Waals surface area contributed by atoms with Gasteiger partial charge in [0.05, 0.1) is 27.8 Å². The van der Waals surface area contributed by atoms with Gasteiger partial charge in [0.25, 0.3) is 5.91 Å². The van der Waals surface area contributed by atoms with Crippen molar-refractivity contribution in [2.24, 2.45) is 7.05 Å². The Morgan fingerprint density at radius 2 is 1.87 bits per heavy atom. The summed E-state index contributed by atoms with van der Waals surface area (Å²) in [4.78, 5) is 29.5. The van der Waals surface area contributed by atoms with Crippen LogP contribution in [0.2, 0.25) is 5.02 Å². The molecule has 3 rings (SSSR count). The summed E-state index contributed by atoms with van der Waals surface area (Å²) in [5.74, 6) is -0.852. The van der Waals surface area contributed by atoms with Gasteiger partial charge in [-0.3, -0.25) is 9.48 Å². The van der Waals surface area contributed by atoms with Gasteiger partial charge in [0, 0.05) is 12.7 Å². The van der Waals surface area contributed by atoms with E-state index in [2.05, 4.69) is 20.5 Å². The Morgan fingerprint density at radius 3 is 2.43 bits per heavy atom. The van der Waals surface area contributed by atoms with E-state index >= 15 is 0 Å². The van der Waals surface area contributed by atoms with E-state index in [1.165, 1.54) is 6.92 Å². The average Bonchev–Trinajstić information content (AvgIpc) is 3.14. The van der Waals surface area contributed by atoms with E-state index in [1.54, 1.807) is 35.5 Å². The Labute approximate surface area is 179 Å². The number of carbonyl (C=O) groups excluding carboxylic acids is 2. The first kappa shape index (κ1) is 21.5. The van der Waals surface area contributed by atoms with E-state index < -0.39 is 18.0 Å². The fraction of sp³-hybridized carbons (Fsp3) is 0.350. The van der Waals surface area contributed by atoms with Crippen molar-refractivity contribution < 1.29 is 14.3 Å². The van der Waals surface area contributed by atoms with Crippen LogP contribution in [0.25, 0.3) is 5.82 Å². The zero-order valence-electron chi connectivity index (χ0n) is 17.6. The third kappa shape index (κ3) is 4.20. The molecule has 1 N–H and O–H groups in total. The molecule has 3 aromatic heterocycles. The van der Waals surface area contributed by atoms with Gasteiger partial charge >= 0.3 is 5.97 Å². The molecule has 10 heteroatoms. The second kappa shape index (κ2) is 8.27. The van der Waals surface area contributed by atoms with Crippen molar-refractivity contribution in [1.29, 1.82) is 0 Å². The van der Waals surface area contributed by atoms with E-state index in [-0.39, 0.29) is 10.7 Å². The standard InChI is InChI=1S/C20H23ClN6O3/c1-10-9-11(2)27(24-10)16-8-7-15(21)18(22-16)20(29)30-14(5)19(28)23-17-12(3)25-26(6)13(17)4/h7-9,14H,1-6H3,(H,23,28). The minimum atomic E-state index is -1.06. The van der Waals surface area contributed by atoms with Gasteiger partial charge in [-0.05, 0) is 52.8 Å². The van der Waals surface area contributed by atoms with Gasteiger partial charge in [-0.1, -0.05) is 11.6 Å². The van der Waals surface area contributed by atoms with Crippen LogP contribution in [0.4, 0.5) is 5.69 Å². The molecule has 9 nitrogen and oxygen atoms in total. The van der Waals surface area contributed by atoms with Crippen molar-refractivity contribution in [3.05, 3.63) is 51.7 Å². The lowest BCUT2D eigenvalue weighted by Gasteiger charge is -2.14. The first-order valence-electron chi connectivity index (χ1n) is 9.30. The van der Waals surface area contributed by atoms with Gasteiger partial charge in [-0.2, -0.15) is 10.2 Å². The number of aromatic nitrogens is 5. The second-order valence-electron chi connectivity index (χ2n) is 7.04. The van der Waals surface area contributed by atoms with Gasteiger partial charge in [-0.15, -0.1) is 0 Å². The number of nitrogens with zero attached hydrogens (tertiary/aromatic N) is 5. The van der Waals surface area contributed by atoms with Crippen LogP contribution in [-0.2, 0) is 16.6 Å². The van der Waals surface area contributed by atoms with Crippen LogP contribution >= 0.6 is 11.6 Å². The molecule has 0 aliphatic heterocycles. The molecule has 0 aliphatic carbocycles. The fourth-order valence-corrected chi connectivity index (χ4v) is 3.19. The third-order valence-corrected chi connectivity index (χ3v) is 4.97. The molecule has 0 saturated carbocycles.